The molecule has 0 bridgehead atoms. The molecule has 26 heavy (non-hydrogen) atoms. The van der Waals surface area contributed by atoms with Crippen LogP contribution in [-0.4, -0.2) is 28.9 Å². The van der Waals surface area contributed by atoms with Gasteiger partial charge in [-0.2, -0.15) is 0 Å². The van der Waals surface area contributed by atoms with E-state index in [2.05, 4.69) is 5.32 Å². The third-order valence-corrected chi connectivity index (χ3v) is 6.07. The van der Waals surface area contributed by atoms with E-state index in [4.69, 9.17) is 4.74 Å². The largest absolute Gasteiger partial charge is 0.444 e. The number of carbonyl (C=O) groups excluding carboxylic acids is 1. The predicted octanol–water partition coefficient (Wildman–Crippen LogP) is 5.57. The third-order valence-electron chi connectivity index (χ3n) is 6.07. The Kier molecular flexibility index (Phi) is 8.72. The van der Waals surface area contributed by atoms with E-state index in [1.165, 1.54) is 64.2 Å². The van der Waals surface area contributed by atoms with Crippen molar-refractivity contribution in [2.24, 2.45) is 11.8 Å². The Balaban J connectivity index is 1.87. The van der Waals surface area contributed by atoms with Gasteiger partial charge in [0.15, 0.2) is 0 Å². The molecule has 0 aromatic rings. The van der Waals surface area contributed by atoms with Crippen molar-refractivity contribution in [3.8, 4) is 0 Å². The Hall–Kier alpha value is -0.770. The number of hydrogen-bond acceptors (Lipinski definition) is 3. The highest BCUT2D eigenvalue weighted by Gasteiger charge is 2.28. The van der Waals surface area contributed by atoms with Gasteiger partial charge in [-0.3, -0.25) is 0 Å². The van der Waals surface area contributed by atoms with Crippen molar-refractivity contribution in [1.82, 2.24) is 5.32 Å². The summed E-state index contributed by atoms with van der Waals surface area (Å²) in [6, 6.07) is -0.184. The monoisotopic (exact) mass is 367 g/mol. The maximum absolute atomic E-state index is 12.3. The molecule has 0 radical (unpaired) electrons. The summed E-state index contributed by atoms with van der Waals surface area (Å²) < 4.78 is 5.44. The van der Waals surface area contributed by atoms with Crippen molar-refractivity contribution < 1.29 is 14.6 Å². The maximum atomic E-state index is 12.3. The zero-order valence-electron chi connectivity index (χ0n) is 17.3. The standard InChI is InChI=1S/C22H41NO3/c1-22(2,3)26-21(25)23-19(16-18-12-8-5-9-13-18)20(24)15-14-17-10-6-4-7-11-17/h17-20,24H,4-16H2,1-3H3,(H,23,25). The molecule has 2 saturated carbocycles. The summed E-state index contributed by atoms with van der Waals surface area (Å²) in [7, 11) is 0. The summed E-state index contributed by atoms with van der Waals surface area (Å²) in [5.41, 5.74) is -0.507. The van der Waals surface area contributed by atoms with Crippen molar-refractivity contribution in [1.29, 1.82) is 0 Å². The minimum atomic E-state index is -0.507. The molecule has 152 valence electrons. The minimum Gasteiger partial charge on any atom is -0.444 e. The van der Waals surface area contributed by atoms with Crippen LogP contribution in [0.1, 0.15) is 104 Å². The first-order valence-electron chi connectivity index (χ1n) is 11.0. The molecular formula is C22H41NO3. The molecular weight excluding hydrogens is 326 g/mol. The SMILES string of the molecule is CC(C)(C)OC(=O)NC(CC1CCCCC1)C(O)CCC1CCCCC1. The van der Waals surface area contributed by atoms with Crippen LogP contribution < -0.4 is 5.32 Å². The van der Waals surface area contributed by atoms with E-state index in [0.29, 0.717) is 5.92 Å². The fraction of sp³-hybridized carbons (Fsp3) is 0.955. The zero-order valence-corrected chi connectivity index (χ0v) is 17.3. The average molecular weight is 368 g/mol. The van der Waals surface area contributed by atoms with Gasteiger partial charge in [0.1, 0.15) is 5.60 Å². The first-order chi connectivity index (χ1) is 12.3. The lowest BCUT2D eigenvalue weighted by Gasteiger charge is -2.32. The van der Waals surface area contributed by atoms with E-state index in [1.54, 1.807) is 0 Å². The van der Waals surface area contributed by atoms with Gasteiger partial charge in [0.25, 0.3) is 0 Å². The molecule has 0 saturated heterocycles. The third kappa shape index (κ3) is 8.28. The molecule has 2 unspecified atom stereocenters. The van der Waals surface area contributed by atoms with Gasteiger partial charge >= 0.3 is 6.09 Å². The molecule has 0 aromatic heterocycles. The summed E-state index contributed by atoms with van der Waals surface area (Å²) in [6.45, 7) is 5.63. The van der Waals surface area contributed by atoms with Crippen LogP contribution in [0, 0.1) is 11.8 Å². The number of aliphatic hydroxyl groups excluding tert-OH is 1. The highest BCUT2D eigenvalue weighted by molar-refractivity contribution is 5.68. The highest BCUT2D eigenvalue weighted by Crippen LogP contribution is 2.31. The Morgan fingerprint density at radius 2 is 1.54 bits per heavy atom. The van der Waals surface area contributed by atoms with E-state index in [9.17, 15) is 9.90 Å². The molecule has 2 rings (SSSR count). The number of nitrogens with one attached hydrogen (secondary N) is 1. The summed E-state index contributed by atoms with van der Waals surface area (Å²) >= 11 is 0. The van der Waals surface area contributed by atoms with Crippen molar-refractivity contribution >= 4 is 6.09 Å². The molecule has 4 heteroatoms. The number of rotatable bonds is 7. The van der Waals surface area contributed by atoms with Gasteiger partial charge in [-0.25, -0.2) is 4.79 Å². The number of hydrogen-bond donors (Lipinski definition) is 2. The van der Waals surface area contributed by atoms with Gasteiger partial charge in [0.2, 0.25) is 0 Å². The van der Waals surface area contributed by atoms with Crippen LogP contribution in [0.3, 0.4) is 0 Å². The second-order valence-corrected chi connectivity index (χ2v) is 9.64. The fourth-order valence-corrected chi connectivity index (χ4v) is 4.64. The van der Waals surface area contributed by atoms with E-state index < -0.39 is 17.8 Å². The lowest BCUT2D eigenvalue weighted by molar-refractivity contribution is 0.0368. The van der Waals surface area contributed by atoms with E-state index in [1.807, 2.05) is 20.8 Å². The van der Waals surface area contributed by atoms with Crippen LogP contribution >= 0.6 is 0 Å². The Labute approximate surface area is 160 Å². The topological polar surface area (TPSA) is 58.6 Å². The van der Waals surface area contributed by atoms with Gasteiger partial charge < -0.3 is 15.2 Å². The molecule has 2 N–H and O–H groups in total. The molecule has 4 nitrogen and oxygen atoms in total. The maximum Gasteiger partial charge on any atom is 0.407 e. The molecule has 2 fully saturated rings. The van der Waals surface area contributed by atoms with Gasteiger partial charge in [-0.15, -0.1) is 0 Å². The second-order valence-electron chi connectivity index (χ2n) is 9.64. The molecule has 0 aromatic carbocycles. The van der Waals surface area contributed by atoms with Crippen molar-refractivity contribution in [2.75, 3.05) is 0 Å². The molecule has 0 aliphatic heterocycles. The first kappa shape index (κ1) is 21.5. The summed E-state index contributed by atoms with van der Waals surface area (Å²) in [4.78, 5) is 12.3. The lowest BCUT2D eigenvalue weighted by atomic mass is 9.81. The Morgan fingerprint density at radius 1 is 1.00 bits per heavy atom. The molecule has 2 aliphatic rings. The molecule has 2 atom stereocenters. The van der Waals surface area contributed by atoms with E-state index in [-0.39, 0.29) is 6.04 Å². The average Bonchev–Trinajstić information content (AvgIpc) is 2.59. The van der Waals surface area contributed by atoms with Crippen LogP contribution in [-0.2, 0) is 4.74 Å². The summed E-state index contributed by atoms with van der Waals surface area (Å²) in [6.07, 6.45) is 14.9. The van der Waals surface area contributed by atoms with Crippen LogP contribution in [0.2, 0.25) is 0 Å². The van der Waals surface area contributed by atoms with Gasteiger partial charge in [-0.05, 0) is 51.9 Å². The number of amides is 1. The van der Waals surface area contributed by atoms with Crippen LogP contribution in [0.4, 0.5) is 4.79 Å². The lowest BCUT2D eigenvalue weighted by Crippen LogP contribution is -2.46. The quantitative estimate of drug-likeness (QED) is 0.618. The first-order valence-corrected chi connectivity index (χ1v) is 11.0. The number of aliphatic hydroxyl groups is 1. The smallest absolute Gasteiger partial charge is 0.407 e. The normalized spacial score (nSPS) is 22.6. The van der Waals surface area contributed by atoms with Gasteiger partial charge in [0.05, 0.1) is 12.1 Å². The molecule has 1 amide bonds. The van der Waals surface area contributed by atoms with E-state index >= 15 is 0 Å². The molecule has 0 heterocycles. The number of alkyl carbamates (subject to hydrolysis) is 1. The molecule has 0 spiro atoms. The Bertz CT molecular complexity index is 406. The number of carbonyl (C=O) groups is 1. The Morgan fingerprint density at radius 3 is 2.08 bits per heavy atom. The predicted molar refractivity (Wildman–Crippen MR) is 106 cm³/mol. The van der Waals surface area contributed by atoms with E-state index in [0.717, 1.165) is 25.2 Å². The van der Waals surface area contributed by atoms with Crippen LogP contribution in [0.5, 0.6) is 0 Å². The second kappa shape index (κ2) is 10.5. The highest BCUT2D eigenvalue weighted by atomic mass is 16.6. The number of ether oxygens (including phenoxy) is 1. The summed E-state index contributed by atoms with van der Waals surface area (Å²) in [5.74, 6) is 1.38. The van der Waals surface area contributed by atoms with Crippen LogP contribution in [0.25, 0.3) is 0 Å². The van der Waals surface area contributed by atoms with Crippen molar-refractivity contribution in [2.45, 2.75) is 122 Å². The van der Waals surface area contributed by atoms with Gasteiger partial charge in [-0.1, -0.05) is 64.2 Å². The molecule has 2 aliphatic carbocycles. The zero-order chi connectivity index (χ0) is 19.0. The van der Waals surface area contributed by atoms with Crippen molar-refractivity contribution in [3.05, 3.63) is 0 Å². The summed E-state index contributed by atoms with van der Waals surface area (Å²) in [5, 5.41) is 13.8. The fourth-order valence-electron chi connectivity index (χ4n) is 4.64. The van der Waals surface area contributed by atoms with Crippen LogP contribution in [0.15, 0.2) is 0 Å². The minimum absolute atomic E-state index is 0.184. The van der Waals surface area contributed by atoms with Crippen molar-refractivity contribution in [3.63, 3.8) is 0 Å². The van der Waals surface area contributed by atoms with Gasteiger partial charge in [0, 0.05) is 0 Å².